The van der Waals surface area contributed by atoms with Crippen LogP contribution in [0.1, 0.15) is 16.7 Å². The van der Waals surface area contributed by atoms with Gasteiger partial charge in [0.15, 0.2) is 0 Å². The van der Waals surface area contributed by atoms with Gasteiger partial charge >= 0.3 is 0 Å². The lowest BCUT2D eigenvalue weighted by atomic mass is 10.1. The molecule has 1 aromatic carbocycles. The van der Waals surface area contributed by atoms with Gasteiger partial charge in [0.2, 0.25) is 0 Å². The van der Waals surface area contributed by atoms with Crippen LogP contribution < -0.4 is 0 Å². The van der Waals surface area contributed by atoms with Gasteiger partial charge in [-0.25, -0.2) is 9.37 Å². The SMILES string of the molecule is OC(Cc1ccc(F)cc1Cl)c1nccs1. The van der Waals surface area contributed by atoms with Crippen molar-refractivity contribution in [2.45, 2.75) is 12.5 Å². The van der Waals surface area contributed by atoms with Crippen LogP contribution in [0, 0.1) is 5.82 Å². The molecule has 0 saturated heterocycles. The summed E-state index contributed by atoms with van der Waals surface area (Å²) in [5.74, 6) is -0.377. The molecule has 84 valence electrons. The van der Waals surface area contributed by atoms with Crippen molar-refractivity contribution in [2.24, 2.45) is 0 Å². The predicted octanol–water partition coefficient (Wildman–Crippen LogP) is 3.21. The first-order valence-corrected chi connectivity index (χ1v) is 5.94. The van der Waals surface area contributed by atoms with Crippen LogP contribution in [0.5, 0.6) is 0 Å². The number of thiazole rings is 1. The van der Waals surface area contributed by atoms with E-state index in [0.717, 1.165) is 0 Å². The van der Waals surface area contributed by atoms with Gasteiger partial charge in [-0.3, -0.25) is 0 Å². The number of rotatable bonds is 3. The number of nitrogens with zero attached hydrogens (tertiary/aromatic N) is 1. The molecule has 0 amide bonds. The summed E-state index contributed by atoms with van der Waals surface area (Å²) in [5.41, 5.74) is 0.714. The fourth-order valence-electron chi connectivity index (χ4n) is 1.38. The first kappa shape index (κ1) is 11.5. The van der Waals surface area contributed by atoms with Crippen LogP contribution >= 0.6 is 22.9 Å². The van der Waals surface area contributed by atoms with E-state index >= 15 is 0 Å². The molecule has 1 aromatic heterocycles. The van der Waals surface area contributed by atoms with Gasteiger partial charge in [0, 0.05) is 23.0 Å². The van der Waals surface area contributed by atoms with E-state index in [0.29, 0.717) is 22.0 Å². The second-order valence-corrected chi connectivity index (χ2v) is 4.66. The molecule has 1 heterocycles. The molecule has 16 heavy (non-hydrogen) atoms. The van der Waals surface area contributed by atoms with Crippen LogP contribution in [0.2, 0.25) is 5.02 Å². The second kappa shape index (κ2) is 4.91. The van der Waals surface area contributed by atoms with Gasteiger partial charge < -0.3 is 5.11 Å². The van der Waals surface area contributed by atoms with E-state index < -0.39 is 6.10 Å². The number of hydrogen-bond donors (Lipinski definition) is 1. The molecule has 0 aliphatic heterocycles. The summed E-state index contributed by atoms with van der Waals surface area (Å²) in [6.07, 6.45) is 1.28. The fraction of sp³-hybridized carbons (Fsp3) is 0.182. The summed E-state index contributed by atoms with van der Waals surface area (Å²) in [5, 5.41) is 12.6. The molecular weight excluding hydrogens is 249 g/mol. The Morgan fingerprint density at radius 3 is 2.94 bits per heavy atom. The Labute approximate surface area is 101 Å². The van der Waals surface area contributed by atoms with E-state index in [1.54, 1.807) is 17.6 Å². The Bertz CT molecular complexity index is 475. The third-order valence-corrected chi connectivity index (χ3v) is 3.39. The van der Waals surface area contributed by atoms with E-state index in [-0.39, 0.29) is 5.82 Å². The van der Waals surface area contributed by atoms with Crippen molar-refractivity contribution in [3.05, 3.63) is 51.2 Å². The Morgan fingerprint density at radius 2 is 2.31 bits per heavy atom. The molecule has 2 aromatic rings. The zero-order valence-corrected chi connectivity index (χ0v) is 9.80. The Hall–Kier alpha value is -0.970. The van der Waals surface area contributed by atoms with E-state index in [4.69, 9.17) is 11.6 Å². The van der Waals surface area contributed by atoms with Crippen LogP contribution in [0.3, 0.4) is 0 Å². The van der Waals surface area contributed by atoms with Crippen molar-refractivity contribution in [3.63, 3.8) is 0 Å². The summed E-state index contributed by atoms with van der Waals surface area (Å²) in [6.45, 7) is 0. The Kier molecular flexibility index (Phi) is 3.53. The fourth-order valence-corrected chi connectivity index (χ4v) is 2.25. The number of aromatic nitrogens is 1. The number of halogens is 2. The van der Waals surface area contributed by atoms with Crippen molar-refractivity contribution in [2.75, 3.05) is 0 Å². The highest BCUT2D eigenvalue weighted by Gasteiger charge is 2.13. The average molecular weight is 258 g/mol. The quantitative estimate of drug-likeness (QED) is 0.916. The van der Waals surface area contributed by atoms with Crippen LogP contribution in [0.4, 0.5) is 4.39 Å². The summed E-state index contributed by atoms with van der Waals surface area (Å²) >= 11 is 7.25. The summed E-state index contributed by atoms with van der Waals surface area (Å²) in [6, 6.07) is 4.15. The zero-order chi connectivity index (χ0) is 11.5. The highest BCUT2D eigenvalue weighted by Crippen LogP contribution is 2.25. The summed E-state index contributed by atoms with van der Waals surface area (Å²) in [7, 11) is 0. The van der Waals surface area contributed by atoms with Crippen molar-refractivity contribution < 1.29 is 9.50 Å². The molecule has 0 saturated carbocycles. The average Bonchev–Trinajstić information content (AvgIpc) is 2.75. The van der Waals surface area contributed by atoms with Gasteiger partial charge in [0.05, 0.1) is 0 Å². The lowest BCUT2D eigenvalue weighted by Gasteiger charge is -2.08. The molecule has 5 heteroatoms. The molecule has 0 aliphatic carbocycles. The molecule has 0 bridgehead atoms. The zero-order valence-electron chi connectivity index (χ0n) is 8.23. The maximum atomic E-state index is 12.8. The van der Waals surface area contributed by atoms with E-state index in [9.17, 15) is 9.50 Å². The van der Waals surface area contributed by atoms with Gasteiger partial charge in [-0.1, -0.05) is 17.7 Å². The molecular formula is C11H9ClFNOS. The first-order chi connectivity index (χ1) is 7.66. The minimum Gasteiger partial charge on any atom is -0.386 e. The van der Waals surface area contributed by atoms with Gasteiger partial charge in [-0.15, -0.1) is 11.3 Å². The molecule has 1 atom stereocenters. The van der Waals surface area contributed by atoms with Crippen molar-refractivity contribution in [1.29, 1.82) is 0 Å². The maximum Gasteiger partial charge on any atom is 0.124 e. The van der Waals surface area contributed by atoms with Crippen LogP contribution in [0.15, 0.2) is 29.8 Å². The number of benzene rings is 1. The van der Waals surface area contributed by atoms with Crippen molar-refractivity contribution in [1.82, 2.24) is 4.98 Å². The topological polar surface area (TPSA) is 33.1 Å². The van der Waals surface area contributed by atoms with Crippen molar-refractivity contribution >= 4 is 22.9 Å². The van der Waals surface area contributed by atoms with Crippen LogP contribution in [0.25, 0.3) is 0 Å². The minimum atomic E-state index is -0.692. The third kappa shape index (κ3) is 2.58. The molecule has 1 unspecified atom stereocenters. The number of aliphatic hydroxyl groups is 1. The van der Waals surface area contributed by atoms with Crippen molar-refractivity contribution in [3.8, 4) is 0 Å². The molecule has 1 N–H and O–H groups in total. The van der Waals surface area contributed by atoms with Crippen LogP contribution in [-0.2, 0) is 6.42 Å². The number of aliphatic hydroxyl groups excluding tert-OH is 1. The van der Waals surface area contributed by atoms with Crippen LogP contribution in [-0.4, -0.2) is 10.1 Å². The molecule has 2 nitrogen and oxygen atoms in total. The van der Waals surface area contributed by atoms with E-state index in [1.165, 1.54) is 23.5 Å². The van der Waals surface area contributed by atoms with E-state index in [2.05, 4.69) is 4.98 Å². The number of hydrogen-bond acceptors (Lipinski definition) is 3. The second-order valence-electron chi connectivity index (χ2n) is 3.33. The highest BCUT2D eigenvalue weighted by molar-refractivity contribution is 7.09. The van der Waals surface area contributed by atoms with Gasteiger partial charge in [0.1, 0.15) is 16.9 Å². The largest absolute Gasteiger partial charge is 0.386 e. The summed E-state index contributed by atoms with van der Waals surface area (Å²) < 4.78 is 12.8. The predicted molar refractivity (Wildman–Crippen MR) is 62.2 cm³/mol. The molecule has 0 fully saturated rings. The Morgan fingerprint density at radius 1 is 1.50 bits per heavy atom. The lowest BCUT2D eigenvalue weighted by Crippen LogP contribution is -2.01. The molecule has 0 spiro atoms. The normalized spacial score (nSPS) is 12.7. The third-order valence-electron chi connectivity index (χ3n) is 2.16. The first-order valence-electron chi connectivity index (χ1n) is 4.68. The summed E-state index contributed by atoms with van der Waals surface area (Å²) in [4.78, 5) is 4.01. The maximum absolute atomic E-state index is 12.8. The minimum absolute atomic E-state index is 0.329. The highest BCUT2D eigenvalue weighted by atomic mass is 35.5. The van der Waals surface area contributed by atoms with Gasteiger partial charge in [-0.05, 0) is 17.7 Å². The lowest BCUT2D eigenvalue weighted by molar-refractivity contribution is 0.178. The standard InChI is InChI=1S/C11H9ClFNOS/c12-9-6-8(13)2-1-7(9)5-10(15)11-14-3-4-16-11/h1-4,6,10,15H,5H2. The molecule has 2 rings (SSSR count). The molecule has 0 aliphatic rings. The van der Waals surface area contributed by atoms with Gasteiger partial charge in [-0.2, -0.15) is 0 Å². The molecule has 0 radical (unpaired) electrons. The van der Waals surface area contributed by atoms with Gasteiger partial charge in [0.25, 0.3) is 0 Å². The Balaban J connectivity index is 2.15. The smallest absolute Gasteiger partial charge is 0.124 e. The monoisotopic (exact) mass is 257 g/mol. The van der Waals surface area contributed by atoms with E-state index in [1.807, 2.05) is 0 Å².